The van der Waals surface area contributed by atoms with Gasteiger partial charge in [0, 0.05) is 31.6 Å². The van der Waals surface area contributed by atoms with Gasteiger partial charge in [0.15, 0.2) is 17.8 Å². The maximum absolute atomic E-state index is 13.2. The highest BCUT2D eigenvalue weighted by Gasteiger charge is 2.38. The van der Waals surface area contributed by atoms with Gasteiger partial charge in [0.05, 0.1) is 49.8 Å². The number of methoxy groups -OCH3 is 2. The van der Waals surface area contributed by atoms with Crippen LogP contribution in [0.15, 0.2) is 84.9 Å². The van der Waals surface area contributed by atoms with E-state index in [4.69, 9.17) is 18.9 Å². The van der Waals surface area contributed by atoms with E-state index in [1.807, 2.05) is 36.4 Å². The van der Waals surface area contributed by atoms with Crippen molar-refractivity contribution in [3.63, 3.8) is 0 Å². The highest BCUT2D eigenvalue weighted by atomic mass is 16.7. The molecule has 9 heteroatoms. The standard InChI is InChI=1S/C37H36N2O7/c1-43-33-17-25-14-15-38(20-27(25)18-34(33)44-2)21-29-19-32(24-12-10-23(22-40)11-13-24)46-37(45-29)26-6-5-7-28(16-26)39-35(41)30-8-3-4-9-31(30)36(39)42/h3-13,16-18,29,32,37,40H,14-15,19-22H2,1-2H3/t29-,32+,37+/m0/s1. The molecule has 0 saturated carbocycles. The number of nitrogens with zero attached hydrogens (tertiary/aromatic N) is 2. The molecule has 236 valence electrons. The summed E-state index contributed by atoms with van der Waals surface area (Å²) in [7, 11) is 3.30. The Labute approximate surface area is 267 Å². The van der Waals surface area contributed by atoms with Crippen LogP contribution in [0.25, 0.3) is 0 Å². The predicted octanol–water partition coefficient (Wildman–Crippen LogP) is 5.60. The average Bonchev–Trinajstić information content (AvgIpc) is 3.36. The normalized spacial score (nSPS) is 21.2. The van der Waals surface area contributed by atoms with Crippen molar-refractivity contribution in [3.8, 4) is 11.5 Å². The number of aliphatic hydroxyl groups is 1. The van der Waals surface area contributed by atoms with Gasteiger partial charge in [-0.1, -0.05) is 48.5 Å². The van der Waals surface area contributed by atoms with Gasteiger partial charge in [-0.2, -0.15) is 0 Å². The maximum atomic E-state index is 13.2. The van der Waals surface area contributed by atoms with E-state index in [1.54, 1.807) is 50.6 Å². The molecule has 4 aromatic carbocycles. The number of carbonyl (C=O) groups is 2. The van der Waals surface area contributed by atoms with E-state index >= 15 is 0 Å². The van der Waals surface area contributed by atoms with Crippen molar-refractivity contribution >= 4 is 17.5 Å². The predicted molar refractivity (Wildman–Crippen MR) is 171 cm³/mol. The molecule has 46 heavy (non-hydrogen) atoms. The molecule has 3 aliphatic heterocycles. The first-order chi connectivity index (χ1) is 22.4. The van der Waals surface area contributed by atoms with Crippen molar-refractivity contribution in [1.29, 1.82) is 0 Å². The molecule has 0 aliphatic carbocycles. The van der Waals surface area contributed by atoms with Gasteiger partial charge in [-0.3, -0.25) is 14.5 Å². The Morgan fingerprint density at radius 2 is 1.50 bits per heavy atom. The first kappa shape index (κ1) is 30.1. The minimum absolute atomic E-state index is 0.0299. The van der Waals surface area contributed by atoms with Gasteiger partial charge in [-0.15, -0.1) is 0 Å². The molecule has 1 N–H and O–H groups in total. The molecule has 3 aliphatic rings. The van der Waals surface area contributed by atoms with Crippen molar-refractivity contribution in [2.45, 2.75) is 44.5 Å². The summed E-state index contributed by atoms with van der Waals surface area (Å²) < 4.78 is 24.3. The van der Waals surface area contributed by atoms with E-state index in [0.29, 0.717) is 29.8 Å². The summed E-state index contributed by atoms with van der Waals surface area (Å²) in [5.41, 5.74) is 6.27. The topological polar surface area (TPSA) is 97.8 Å². The first-order valence-corrected chi connectivity index (χ1v) is 15.5. The quantitative estimate of drug-likeness (QED) is 0.254. The second-order valence-electron chi connectivity index (χ2n) is 11.9. The highest BCUT2D eigenvalue weighted by Crippen LogP contribution is 2.40. The van der Waals surface area contributed by atoms with Crippen molar-refractivity contribution in [2.75, 3.05) is 32.2 Å². The van der Waals surface area contributed by atoms with Crippen molar-refractivity contribution < 1.29 is 33.6 Å². The summed E-state index contributed by atoms with van der Waals surface area (Å²) in [5, 5.41) is 9.57. The Kier molecular flexibility index (Phi) is 8.31. The average molecular weight is 621 g/mol. The molecule has 2 amide bonds. The molecule has 0 unspecified atom stereocenters. The van der Waals surface area contributed by atoms with Crippen LogP contribution in [0.3, 0.4) is 0 Å². The SMILES string of the molecule is COc1cc2c(cc1OC)CN(C[C@@H]1C[C@H](c3ccc(CO)cc3)O[C@H](c3cccc(N4C(=O)c5ccccc5C4=O)c3)O1)CC2. The number of aliphatic hydroxyl groups excluding tert-OH is 1. The Morgan fingerprint density at radius 3 is 2.17 bits per heavy atom. The third kappa shape index (κ3) is 5.67. The van der Waals surface area contributed by atoms with Gasteiger partial charge in [-0.25, -0.2) is 4.90 Å². The Hall–Kier alpha value is -4.54. The fourth-order valence-electron chi connectivity index (χ4n) is 6.65. The van der Waals surface area contributed by atoms with Gasteiger partial charge in [0.25, 0.3) is 11.8 Å². The number of anilines is 1. The summed E-state index contributed by atoms with van der Waals surface area (Å²) >= 11 is 0. The molecule has 1 fully saturated rings. The smallest absolute Gasteiger partial charge is 0.266 e. The molecule has 0 bridgehead atoms. The van der Waals surface area contributed by atoms with Crippen LogP contribution in [0.2, 0.25) is 0 Å². The van der Waals surface area contributed by atoms with Crippen LogP contribution in [0, 0.1) is 0 Å². The molecule has 9 nitrogen and oxygen atoms in total. The van der Waals surface area contributed by atoms with E-state index in [2.05, 4.69) is 17.0 Å². The molecule has 0 spiro atoms. The molecule has 7 rings (SSSR count). The van der Waals surface area contributed by atoms with Crippen molar-refractivity contribution in [3.05, 3.63) is 124 Å². The van der Waals surface area contributed by atoms with Crippen LogP contribution >= 0.6 is 0 Å². The molecule has 4 aromatic rings. The van der Waals surface area contributed by atoms with E-state index in [9.17, 15) is 14.7 Å². The summed E-state index contributed by atoms with van der Waals surface area (Å²) in [5.74, 6) is 0.767. The van der Waals surface area contributed by atoms with Crippen LogP contribution < -0.4 is 14.4 Å². The zero-order valence-corrected chi connectivity index (χ0v) is 25.8. The monoisotopic (exact) mass is 620 g/mol. The number of carbonyl (C=O) groups excluding carboxylic acids is 2. The molecular formula is C37H36N2O7. The Bertz CT molecular complexity index is 1740. The lowest BCUT2D eigenvalue weighted by Crippen LogP contribution is -2.41. The molecule has 1 saturated heterocycles. The maximum Gasteiger partial charge on any atom is 0.266 e. The molecular weight excluding hydrogens is 584 g/mol. The number of amides is 2. The summed E-state index contributed by atoms with van der Waals surface area (Å²) in [6.45, 7) is 2.29. The number of rotatable bonds is 8. The highest BCUT2D eigenvalue weighted by molar-refractivity contribution is 6.34. The van der Waals surface area contributed by atoms with E-state index in [-0.39, 0.29) is 30.6 Å². The van der Waals surface area contributed by atoms with Gasteiger partial charge in [0.1, 0.15) is 0 Å². The van der Waals surface area contributed by atoms with Crippen molar-refractivity contribution in [2.24, 2.45) is 0 Å². The van der Waals surface area contributed by atoms with Crippen LogP contribution in [0.5, 0.6) is 11.5 Å². The van der Waals surface area contributed by atoms with Crippen LogP contribution in [0.4, 0.5) is 5.69 Å². The van der Waals surface area contributed by atoms with Crippen LogP contribution in [-0.4, -0.2) is 55.2 Å². The minimum atomic E-state index is -0.724. The summed E-state index contributed by atoms with van der Waals surface area (Å²) in [6.07, 6.45) is 0.378. The van der Waals surface area contributed by atoms with E-state index < -0.39 is 6.29 Å². The van der Waals surface area contributed by atoms with Crippen LogP contribution in [-0.2, 0) is 29.0 Å². The van der Waals surface area contributed by atoms with Crippen LogP contribution in [0.1, 0.15) is 67.3 Å². The molecule has 3 atom stereocenters. The number of ether oxygens (including phenoxy) is 4. The number of hydrogen-bond donors (Lipinski definition) is 1. The zero-order chi connectivity index (χ0) is 31.8. The summed E-state index contributed by atoms with van der Waals surface area (Å²) in [4.78, 5) is 30.1. The fraction of sp³-hybridized carbons (Fsp3) is 0.297. The number of benzene rings is 4. The van der Waals surface area contributed by atoms with E-state index in [0.717, 1.165) is 47.7 Å². The zero-order valence-electron chi connectivity index (χ0n) is 25.8. The van der Waals surface area contributed by atoms with E-state index in [1.165, 1.54) is 16.0 Å². The fourth-order valence-corrected chi connectivity index (χ4v) is 6.65. The molecule has 0 radical (unpaired) electrons. The molecule has 0 aromatic heterocycles. The molecule has 3 heterocycles. The van der Waals surface area contributed by atoms with Crippen molar-refractivity contribution in [1.82, 2.24) is 4.90 Å². The Morgan fingerprint density at radius 1 is 0.804 bits per heavy atom. The largest absolute Gasteiger partial charge is 0.493 e. The Balaban J connectivity index is 1.15. The van der Waals surface area contributed by atoms with Gasteiger partial charge in [0.2, 0.25) is 0 Å². The minimum Gasteiger partial charge on any atom is -0.493 e. The second kappa shape index (κ2) is 12.7. The third-order valence-electron chi connectivity index (χ3n) is 9.07. The second-order valence-corrected chi connectivity index (χ2v) is 11.9. The number of fused-ring (bicyclic) bond motifs is 2. The third-order valence-corrected chi connectivity index (χ3v) is 9.07. The summed E-state index contributed by atoms with van der Waals surface area (Å²) in [6, 6.07) is 26.1. The lowest BCUT2D eigenvalue weighted by atomic mass is 9.97. The van der Waals surface area contributed by atoms with Gasteiger partial charge in [-0.05, 0) is 65.1 Å². The number of imide groups is 1. The number of hydrogen-bond acceptors (Lipinski definition) is 8. The first-order valence-electron chi connectivity index (χ1n) is 15.5. The lowest BCUT2D eigenvalue weighted by molar-refractivity contribution is -0.253. The lowest BCUT2D eigenvalue weighted by Gasteiger charge is -2.39. The van der Waals surface area contributed by atoms with Gasteiger partial charge >= 0.3 is 0 Å². The van der Waals surface area contributed by atoms with Gasteiger partial charge < -0.3 is 24.1 Å².